The van der Waals surface area contributed by atoms with Crippen LogP contribution in [0.2, 0.25) is 0 Å². The van der Waals surface area contributed by atoms with Crippen molar-refractivity contribution in [1.82, 2.24) is 9.97 Å². The van der Waals surface area contributed by atoms with Crippen molar-refractivity contribution in [2.24, 2.45) is 0 Å². The molecule has 0 atom stereocenters. The molecule has 0 saturated heterocycles. The van der Waals surface area contributed by atoms with Crippen molar-refractivity contribution >= 4 is 33.3 Å². The van der Waals surface area contributed by atoms with Gasteiger partial charge in [0.25, 0.3) is 5.56 Å². The number of thioether (sulfide) groups is 1. The predicted molar refractivity (Wildman–Crippen MR) is 93.9 cm³/mol. The molecule has 7 heteroatoms. The first-order valence-corrected chi connectivity index (χ1v) is 9.00. The van der Waals surface area contributed by atoms with Gasteiger partial charge in [0, 0.05) is 15.8 Å². The van der Waals surface area contributed by atoms with Crippen molar-refractivity contribution in [3.8, 4) is 11.3 Å². The standard InChI is InChI=1S/C17H11FN2O2S2/c18-10-3-5-11(6-4-10)23-9-14-19-16(21)15-12(8-24-17(15)20-14)13-2-1-7-22-13/h1-8H,9H2,(H,19,20,21). The molecule has 4 aromatic rings. The van der Waals surface area contributed by atoms with Gasteiger partial charge < -0.3 is 9.40 Å². The van der Waals surface area contributed by atoms with Gasteiger partial charge in [-0.1, -0.05) is 0 Å². The second-order valence-corrected chi connectivity index (χ2v) is 6.97. The second-order valence-electron chi connectivity index (χ2n) is 5.06. The molecule has 0 aliphatic heterocycles. The number of thiophene rings is 1. The van der Waals surface area contributed by atoms with Crippen molar-refractivity contribution in [3.05, 3.63) is 70.0 Å². The molecule has 3 heterocycles. The van der Waals surface area contributed by atoms with E-state index in [0.717, 1.165) is 10.5 Å². The normalized spacial score (nSPS) is 11.2. The van der Waals surface area contributed by atoms with E-state index in [0.29, 0.717) is 27.6 Å². The Morgan fingerprint density at radius 3 is 2.83 bits per heavy atom. The van der Waals surface area contributed by atoms with E-state index in [4.69, 9.17) is 4.42 Å². The maximum Gasteiger partial charge on any atom is 0.260 e. The van der Waals surface area contributed by atoms with Gasteiger partial charge in [-0.2, -0.15) is 0 Å². The first-order valence-electron chi connectivity index (χ1n) is 7.13. The SMILES string of the molecule is O=c1[nH]c(CSc2ccc(F)cc2)nc2scc(-c3ccco3)c12. The Labute approximate surface area is 144 Å². The molecule has 0 aliphatic rings. The lowest BCUT2D eigenvalue weighted by atomic mass is 10.2. The number of aromatic nitrogens is 2. The highest BCUT2D eigenvalue weighted by molar-refractivity contribution is 7.98. The molecule has 4 nitrogen and oxygen atoms in total. The summed E-state index contributed by atoms with van der Waals surface area (Å²) in [5.74, 6) is 1.48. The molecule has 3 aromatic heterocycles. The molecule has 4 rings (SSSR count). The highest BCUT2D eigenvalue weighted by Crippen LogP contribution is 2.31. The summed E-state index contributed by atoms with van der Waals surface area (Å²) < 4.78 is 18.3. The van der Waals surface area contributed by atoms with E-state index in [1.54, 1.807) is 24.5 Å². The van der Waals surface area contributed by atoms with Crippen molar-refractivity contribution in [3.63, 3.8) is 0 Å². The van der Waals surface area contributed by atoms with Crippen molar-refractivity contribution < 1.29 is 8.81 Å². The minimum atomic E-state index is -0.267. The van der Waals surface area contributed by atoms with E-state index in [1.165, 1.54) is 35.2 Å². The highest BCUT2D eigenvalue weighted by Gasteiger charge is 2.14. The van der Waals surface area contributed by atoms with E-state index >= 15 is 0 Å². The third kappa shape index (κ3) is 2.88. The topological polar surface area (TPSA) is 58.9 Å². The van der Waals surface area contributed by atoms with Crippen LogP contribution in [0.1, 0.15) is 5.82 Å². The molecule has 0 saturated carbocycles. The molecule has 0 aliphatic carbocycles. The van der Waals surface area contributed by atoms with E-state index in [9.17, 15) is 9.18 Å². The fraction of sp³-hybridized carbons (Fsp3) is 0.0588. The number of nitrogens with zero attached hydrogens (tertiary/aromatic N) is 1. The van der Waals surface area contributed by atoms with Gasteiger partial charge in [0.15, 0.2) is 0 Å². The van der Waals surface area contributed by atoms with Crippen molar-refractivity contribution in [1.29, 1.82) is 0 Å². The summed E-state index contributed by atoms with van der Waals surface area (Å²) in [5.41, 5.74) is 0.578. The predicted octanol–water partition coefficient (Wildman–Crippen LogP) is 4.68. The molecule has 0 unspecified atom stereocenters. The van der Waals surface area contributed by atoms with E-state index in [-0.39, 0.29) is 11.4 Å². The Bertz CT molecular complexity index is 1040. The summed E-state index contributed by atoms with van der Waals surface area (Å²) in [5, 5.41) is 2.42. The average Bonchev–Trinajstić information content (AvgIpc) is 3.23. The van der Waals surface area contributed by atoms with Gasteiger partial charge in [-0.15, -0.1) is 23.1 Å². The Morgan fingerprint density at radius 2 is 2.08 bits per heavy atom. The fourth-order valence-corrected chi connectivity index (χ4v) is 4.07. The van der Waals surface area contributed by atoms with Crippen LogP contribution in [0, 0.1) is 5.82 Å². The van der Waals surface area contributed by atoms with Crippen molar-refractivity contribution in [2.45, 2.75) is 10.6 Å². The van der Waals surface area contributed by atoms with Crippen LogP contribution in [-0.4, -0.2) is 9.97 Å². The third-order valence-corrected chi connectivity index (χ3v) is 5.36. The molecule has 0 fully saturated rings. The molecule has 120 valence electrons. The molecule has 1 N–H and O–H groups in total. The molecule has 0 amide bonds. The number of fused-ring (bicyclic) bond motifs is 1. The number of hydrogen-bond donors (Lipinski definition) is 1. The van der Waals surface area contributed by atoms with Gasteiger partial charge in [0.2, 0.25) is 0 Å². The van der Waals surface area contributed by atoms with Crippen LogP contribution in [-0.2, 0) is 5.75 Å². The maximum atomic E-state index is 12.9. The molecule has 0 bridgehead atoms. The minimum absolute atomic E-state index is 0.178. The third-order valence-electron chi connectivity index (χ3n) is 3.47. The fourth-order valence-electron chi connectivity index (χ4n) is 2.36. The minimum Gasteiger partial charge on any atom is -0.464 e. The van der Waals surface area contributed by atoms with Crippen LogP contribution in [0.25, 0.3) is 21.5 Å². The van der Waals surface area contributed by atoms with Gasteiger partial charge >= 0.3 is 0 Å². The highest BCUT2D eigenvalue weighted by atomic mass is 32.2. The smallest absolute Gasteiger partial charge is 0.260 e. The van der Waals surface area contributed by atoms with Crippen LogP contribution >= 0.6 is 23.1 Å². The molecule has 24 heavy (non-hydrogen) atoms. The number of benzene rings is 1. The monoisotopic (exact) mass is 358 g/mol. The van der Waals surface area contributed by atoms with E-state index in [2.05, 4.69) is 9.97 Å². The summed E-state index contributed by atoms with van der Waals surface area (Å²) in [7, 11) is 0. The summed E-state index contributed by atoms with van der Waals surface area (Å²) >= 11 is 2.91. The molecule has 0 radical (unpaired) electrons. The summed E-state index contributed by atoms with van der Waals surface area (Å²) in [6.45, 7) is 0. The number of aromatic amines is 1. The van der Waals surface area contributed by atoms with E-state index in [1.807, 2.05) is 11.4 Å². The Morgan fingerprint density at radius 1 is 1.25 bits per heavy atom. The summed E-state index contributed by atoms with van der Waals surface area (Å²) in [4.78, 5) is 21.4. The van der Waals surface area contributed by atoms with Crippen LogP contribution < -0.4 is 5.56 Å². The quantitative estimate of drug-likeness (QED) is 0.538. The maximum absolute atomic E-state index is 12.9. The number of furan rings is 1. The average molecular weight is 358 g/mol. The van der Waals surface area contributed by atoms with Crippen LogP contribution in [0.5, 0.6) is 0 Å². The second kappa shape index (κ2) is 6.26. The summed E-state index contributed by atoms with van der Waals surface area (Å²) in [6, 6.07) is 9.84. The lowest BCUT2D eigenvalue weighted by Gasteiger charge is -2.02. The van der Waals surface area contributed by atoms with E-state index < -0.39 is 0 Å². The van der Waals surface area contributed by atoms with Gasteiger partial charge in [0.1, 0.15) is 22.2 Å². The number of hydrogen-bond acceptors (Lipinski definition) is 5. The van der Waals surface area contributed by atoms with Gasteiger partial charge in [-0.3, -0.25) is 4.79 Å². The number of halogens is 1. The Kier molecular flexibility index (Phi) is 3.95. The zero-order valence-corrected chi connectivity index (χ0v) is 13.9. The molecule has 0 spiro atoms. The van der Waals surface area contributed by atoms with Gasteiger partial charge in [-0.05, 0) is 36.4 Å². The van der Waals surface area contributed by atoms with Gasteiger partial charge in [0.05, 0.1) is 17.4 Å². The lowest BCUT2D eigenvalue weighted by Crippen LogP contribution is -2.10. The molecule has 1 aromatic carbocycles. The zero-order chi connectivity index (χ0) is 16.5. The number of H-pyrrole nitrogens is 1. The van der Waals surface area contributed by atoms with Crippen LogP contribution in [0.15, 0.2) is 62.1 Å². The first kappa shape index (κ1) is 15.2. The van der Waals surface area contributed by atoms with Crippen molar-refractivity contribution in [2.75, 3.05) is 0 Å². The zero-order valence-electron chi connectivity index (χ0n) is 12.3. The number of nitrogens with one attached hydrogen (secondary N) is 1. The molecular formula is C17H11FN2O2S2. The van der Waals surface area contributed by atoms with Crippen LogP contribution in [0.4, 0.5) is 4.39 Å². The van der Waals surface area contributed by atoms with Gasteiger partial charge in [-0.25, -0.2) is 9.37 Å². The van der Waals surface area contributed by atoms with Crippen LogP contribution in [0.3, 0.4) is 0 Å². The summed E-state index contributed by atoms with van der Waals surface area (Å²) in [6.07, 6.45) is 1.58. The largest absolute Gasteiger partial charge is 0.464 e. The molecular weight excluding hydrogens is 347 g/mol. The Hall–Kier alpha value is -2.38. The lowest BCUT2D eigenvalue weighted by molar-refractivity contribution is 0.583. The first-order chi connectivity index (χ1) is 11.7. The number of rotatable bonds is 4. The Balaban J connectivity index is 1.64.